The number of nitrogens with zero attached hydrogens (tertiary/aromatic N) is 3. The van der Waals surface area contributed by atoms with Gasteiger partial charge in [0, 0.05) is 49.9 Å². The zero-order valence-corrected chi connectivity index (χ0v) is 14.2. The quantitative estimate of drug-likeness (QED) is 0.631. The molecule has 2 atom stereocenters. The number of nitro groups is 1. The summed E-state index contributed by atoms with van der Waals surface area (Å²) in [6.07, 6.45) is 5.21. The average molecular weight is 331 g/mol. The normalized spacial score (nSPS) is 25.5. The molecule has 6 heteroatoms. The van der Waals surface area contributed by atoms with Crippen molar-refractivity contribution in [2.45, 2.75) is 38.6 Å². The third-order valence-electron chi connectivity index (χ3n) is 5.35. The maximum atomic E-state index is 12.6. The SMILES string of the molecule is C[C@H]1CCC[C@H](N2CCN(C(=O)c3ccc([N+](=O)[O-])cc3)CC2)C1. The van der Waals surface area contributed by atoms with Crippen molar-refractivity contribution < 1.29 is 9.72 Å². The highest BCUT2D eigenvalue weighted by Gasteiger charge is 2.29. The molecular weight excluding hydrogens is 306 g/mol. The van der Waals surface area contributed by atoms with E-state index in [-0.39, 0.29) is 11.6 Å². The first-order valence-electron chi connectivity index (χ1n) is 8.82. The molecule has 1 saturated carbocycles. The number of non-ortho nitro benzene ring substituents is 1. The van der Waals surface area contributed by atoms with E-state index in [4.69, 9.17) is 0 Å². The van der Waals surface area contributed by atoms with E-state index in [0.717, 1.165) is 32.1 Å². The summed E-state index contributed by atoms with van der Waals surface area (Å²) in [4.78, 5) is 27.2. The van der Waals surface area contributed by atoms with Gasteiger partial charge in [-0.05, 0) is 30.9 Å². The zero-order chi connectivity index (χ0) is 17.1. The minimum atomic E-state index is -0.446. The van der Waals surface area contributed by atoms with Crippen LogP contribution in [-0.4, -0.2) is 52.9 Å². The van der Waals surface area contributed by atoms with E-state index in [2.05, 4.69) is 11.8 Å². The van der Waals surface area contributed by atoms with Crippen molar-refractivity contribution in [3.63, 3.8) is 0 Å². The predicted octanol–water partition coefficient (Wildman–Crippen LogP) is 2.93. The van der Waals surface area contributed by atoms with E-state index in [9.17, 15) is 14.9 Å². The van der Waals surface area contributed by atoms with Crippen LogP contribution in [-0.2, 0) is 0 Å². The molecule has 24 heavy (non-hydrogen) atoms. The van der Waals surface area contributed by atoms with Crippen LogP contribution in [0, 0.1) is 16.0 Å². The fourth-order valence-corrected chi connectivity index (χ4v) is 3.93. The Morgan fingerprint density at radius 1 is 1.12 bits per heavy atom. The van der Waals surface area contributed by atoms with Gasteiger partial charge in [-0.3, -0.25) is 19.8 Å². The molecule has 6 nitrogen and oxygen atoms in total. The topological polar surface area (TPSA) is 66.7 Å². The number of benzene rings is 1. The lowest BCUT2D eigenvalue weighted by atomic mass is 9.86. The number of carbonyl (C=O) groups is 1. The standard InChI is InChI=1S/C18H25N3O3/c1-14-3-2-4-17(13-14)19-9-11-20(12-10-19)18(22)15-5-7-16(8-6-15)21(23)24/h5-8,14,17H,2-4,9-13H2,1H3/t14-,17-/m0/s1. The van der Waals surface area contributed by atoms with Crippen LogP contribution in [0.15, 0.2) is 24.3 Å². The van der Waals surface area contributed by atoms with E-state index in [1.54, 1.807) is 12.1 Å². The van der Waals surface area contributed by atoms with Gasteiger partial charge in [-0.2, -0.15) is 0 Å². The van der Waals surface area contributed by atoms with Crippen molar-refractivity contribution in [3.05, 3.63) is 39.9 Å². The summed E-state index contributed by atoms with van der Waals surface area (Å²) in [7, 11) is 0. The van der Waals surface area contributed by atoms with Crippen molar-refractivity contribution in [1.82, 2.24) is 9.80 Å². The fourth-order valence-electron chi connectivity index (χ4n) is 3.93. The lowest BCUT2D eigenvalue weighted by Gasteiger charge is -2.42. The molecule has 0 radical (unpaired) electrons. The number of hydrogen-bond acceptors (Lipinski definition) is 4. The molecule has 0 unspecified atom stereocenters. The third kappa shape index (κ3) is 3.75. The first-order valence-corrected chi connectivity index (χ1v) is 8.82. The number of rotatable bonds is 3. The highest BCUT2D eigenvalue weighted by atomic mass is 16.6. The molecule has 1 aliphatic carbocycles. The van der Waals surface area contributed by atoms with Gasteiger partial charge in [0.15, 0.2) is 0 Å². The van der Waals surface area contributed by atoms with Crippen molar-refractivity contribution >= 4 is 11.6 Å². The van der Waals surface area contributed by atoms with E-state index in [1.165, 1.54) is 37.8 Å². The van der Waals surface area contributed by atoms with Crippen molar-refractivity contribution in [2.75, 3.05) is 26.2 Å². The Bertz CT molecular complexity index is 594. The van der Waals surface area contributed by atoms with Crippen molar-refractivity contribution in [3.8, 4) is 0 Å². The van der Waals surface area contributed by atoms with Crippen LogP contribution in [0.4, 0.5) is 5.69 Å². The second kappa shape index (κ2) is 7.30. The lowest BCUT2D eigenvalue weighted by Crippen LogP contribution is -2.52. The van der Waals surface area contributed by atoms with Gasteiger partial charge < -0.3 is 4.90 Å². The molecule has 0 spiro atoms. The summed E-state index contributed by atoms with van der Waals surface area (Å²) in [5, 5.41) is 10.7. The summed E-state index contributed by atoms with van der Waals surface area (Å²) in [5.41, 5.74) is 0.545. The molecule has 0 bridgehead atoms. The van der Waals surface area contributed by atoms with Crippen LogP contribution in [0.25, 0.3) is 0 Å². The van der Waals surface area contributed by atoms with Gasteiger partial charge in [-0.25, -0.2) is 0 Å². The van der Waals surface area contributed by atoms with E-state index in [0.29, 0.717) is 11.6 Å². The van der Waals surface area contributed by atoms with E-state index < -0.39 is 4.92 Å². The van der Waals surface area contributed by atoms with Gasteiger partial charge >= 0.3 is 0 Å². The summed E-state index contributed by atoms with van der Waals surface area (Å²) >= 11 is 0. The molecule has 0 N–H and O–H groups in total. The van der Waals surface area contributed by atoms with Gasteiger partial charge in [-0.1, -0.05) is 19.8 Å². The third-order valence-corrected chi connectivity index (χ3v) is 5.35. The Morgan fingerprint density at radius 3 is 2.38 bits per heavy atom. The fraction of sp³-hybridized carbons (Fsp3) is 0.611. The maximum absolute atomic E-state index is 12.6. The van der Waals surface area contributed by atoms with Gasteiger partial charge in [0.1, 0.15) is 0 Å². The van der Waals surface area contributed by atoms with E-state index in [1.807, 2.05) is 4.90 Å². The average Bonchev–Trinajstić information content (AvgIpc) is 2.61. The molecule has 3 rings (SSSR count). The minimum Gasteiger partial charge on any atom is -0.336 e. The Kier molecular flexibility index (Phi) is 5.14. The van der Waals surface area contributed by atoms with Crippen molar-refractivity contribution in [2.24, 2.45) is 5.92 Å². The Morgan fingerprint density at radius 2 is 1.79 bits per heavy atom. The van der Waals surface area contributed by atoms with Gasteiger partial charge in [-0.15, -0.1) is 0 Å². The Labute approximate surface area is 142 Å². The molecule has 1 saturated heterocycles. The number of amides is 1. The Balaban J connectivity index is 1.55. The molecule has 130 valence electrons. The smallest absolute Gasteiger partial charge is 0.269 e. The molecular formula is C18H25N3O3. The minimum absolute atomic E-state index is 0.0165. The zero-order valence-electron chi connectivity index (χ0n) is 14.2. The molecule has 1 aromatic carbocycles. The highest BCUT2D eigenvalue weighted by molar-refractivity contribution is 5.94. The van der Waals surface area contributed by atoms with Crippen LogP contribution < -0.4 is 0 Å². The summed E-state index contributed by atoms with van der Waals surface area (Å²) in [6, 6.07) is 6.57. The summed E-state index contributed by atoms with van der Waals surface area (Å²) < 4.78 is 0. The predicted molar refractivity (Wildman–Crippen MR) is 92.0 cm³/mol. The van der Waals surface area contributed by atoms with Crippen LogP contribution in [0.3, 0.4) is 0 Å². The molecule has 1 aromatic rings. The van der Waals surface area contributed by atoms with Gasteiger partial charge in [0.2, 0.25) is 0 Å². The van der Waals surface area contributed by atoms with Crippen LogP contribution in [0.5, 0.6) is 0 Å². The van der Waals surface area contributed by atoms with Crippen molar-refractivity contribution in [1.29, 1.82) is 0 Å². The number of hydrogen-bond donors (Lipinski definition) is 0. The Hall–Kier alpha value is -1.95. The molecule has 1 heterocycles. The highest BCUT2D eigenvalue weighted by Crippen LogP contribution is 2.28. The molecule has 2 aliphatic rings. The lowest BCUT2D eigenvalue weighted by molar-refractivity contribution is -0.384. The van der Waals surface area contributed by atoms with Crippen LogP contribution >= 0.6 is 0 Å². The summed E-state index contributed by atoms with van der Waals surface area (Å²) in [5.74, 6) is 0.782. The van der Waals surface area contributed by atoms with Gasteiger partial charge in [0.05, 0.1) is 4.92 Å². The second-order valence-electron chi connectivity index (χ2n) is 7.06. The van der Waals surface area contributed by atoms with E-state index >= 15 is 0 Å². The van der Waals surface area contributed by atoms with Gasteiger partial charge in [0.25, 0.3) is 11.6 Å². The maximum Gasteiger partial charge on any atom is 0.269 e. The molecule has 0 aromatic heterocycles. The van der Waals surface area contributed by atoms with Crippen LogP contribution in [0.2, 0.25) is 0 Å². The number of nitro benzene ring substituents is 1. The summed E-state index contributed by atoms with van der Waals surface area (Å²) in [6.45, 7) is 5.66. The first kappa shape index (κ1) is 16.9. The number of piperazine rings is 1. The second-order valence-corrected chi connectivity index (χ2v) is 7.06. The molecule has 1 aliphatic heterocycles. The largest absolute Gasteiger partial charge is 0.336 e. The number of carbonyl (C=O) groups excluding carboxylic acids is 1. The molecule has 2 fully saturated rings. The van der Waals surface area contributed by atoms with Crippen LogP contribution in [0.1, 0.15) is 43.0 Å². The first-order chi connectivity index (χ1) is 11.5. The molecule has 1 amide bonds. The monoisotopic (exact) mass is 331 g/mol.